The van der Waals surface area contributed by atoms with Crippen molar-refractivity contribution < 1.29 is 17.6 Å². The molecule has 3 rings (SSSR count). The van der Waals surface area contributed by atoms with Crippen molar-refractivity contribution >= 4 is 32.7 Å². The lowest BCUT2D eigenvalue weighted by atomic mass is 10.1. The first-order valence-corrected chi connectivity index (χ1v) is 11.0. The Bertz CT molecular complexity index is 1260. The second-order valence-corrected chi connectivity index (χ2v) is 9.49. The molecule has 0 aliphatic rings. The highest BCUT2D eigenvalue weighted by Crippen LogP contribution is 2.25. The average molecular weight is 432 g/mol. The van der Waals surface area contributed by atoms with E-state index in [4.69, 9.17) is 4.42 Å². The minimum absolute atomic E-state index is 0.127. The van der Waals surface area contributed by atoms with Crippen LogP contribution in [0.25, 0.3) is 11.1 Å². The van der Waals surface area contributed by atoms with E-state index in [-0.39, 0.29) is 17.2 Å². The summed E-state index contributed by atoms with van der Waals surface area (Å²) in [4.78, 5) is 24.6. The Morgan fingerprint density at radius 3 is 2.57 bits per heavy atom. The number of para-hydroxylation sites is 2. The summed E-state index contributed by atoms with van der Waals surface area (Å²) in [7, 11) is -0.688. The number of carbonyl (C=O) groups excluding carboxylic acids is 1. The third-order valence-corrected chi connectivity index (χ3v) is 6.85. The van der Waals surface area contributed by atoms with Gasteiger partial charge in [0.15, 0.2) is 5.58 Å². The van der Waals surface area contributed by atoms with Gasteiger partial charge in [0.2, 0.25) is 15.9 Å². The van der Waals surface area contributed by atoms with Crippen molar-refractivity contribution in [1.82, 2.24) is 8.87 Å². The van der Waals surface area contributed by atoms with Gasteiger partial charge in [-0.15, -0.1) is 0 Å². The number of benzene rings is 2. The minimum atomic E-state index is -3.61. The Labute approximate surface area is 175 Å². The van der Waals surface area contributed by atoms with Gasteiger partial charge >= 0.3 is 5.76 Å². The minimum Gasteiger partial charge on any atom is -0.408 e. The van der Waals surface area contributed by atoms with Gasteiger partial charge in [-0.2, -0.15) is 0 Å². The molecule has 3 aromatic rings. The van der Waals surface area contributed by atoms with Crippen molar-refractivity contribution in [2.24, 2.45) is 0 Å². The number of anilines is 1. The van der Waals surface area contributed by atoms with Gasteiger partial charge in [-0.25, -0.2) is 17.5 Å². The van der Waals surface area contributed by atoms with Crippen LogP contribution in [0, 0.1) is 13.8 Å². The number of amides is 1. The summed E-state index contributed by atoms with van der Waals surface area (Å²) < 4.78 is 32.7. The summed E-state index contributed by atoms with van der Waals surface area (Å²) in [5, 5.41) is 2.80. The molecule has 0 atom stereocenters. The fraction of sp³-hybridized carbons (Fsp3) is 0.333. The zero-order valence-corrected chi connectivity index (χ0v) is 18.2. The van der Waals surface area contributed by atoms with Crippen LogP contribution < -0.4 is 11.1 Å². The van der Waals surface area contributed by atoms with E-state index < -0.39 is 15.8 Å². The van der Waals surface area contributed by atoms with Crippen LogP contribution in [-0.4, -0.2) is 37.3 Å². The smallest absolute Gasteiger partial charge is 0.408 e. The molecule has 0 fully saturated rings. The molecule has 160 valence electrons. The molecule has 0 unspecified atom stereocenters. The molecule has 1 amide bonds. The lowest BCUT2D eigenvalue weighted by Gasteiger charge is -2.16. The first-order chi connectivity index (χ1) is 14.1. The van der Waals surface area contributed by atoms with Crippen LogP contribution in [-0.2, 0) is 21.4 Å². The van der Waals surface area contributed by atoms with Crippen molar-refractivity contribution in [3.63, 3.8) is 0 Å². The highest BCUT2D eigenvalue weighted by molar-refractivity contribution is 7.89. The van der Waals surface area contributed by atoms with E-state index in [1.54, 1.807) is 31.2 Å². The molecular weight excluding hydrogens is 406 g/mol. The van der Waals surface area contributed by atoms with Gasteiger partial charge in [0.1, 0.15) is 0 Å². The number of aryl methyl sites for hydroxylation is 2. The summed E-state index contributed by atoms with van der Waals surface area (Å²) in [6.45, 7) is 3.97. The Kier molecular flexibility index (Phi) is 6.14. The van der Waals surface area contributed by atoms with Crippen LogP contribution in [0.15, 0.2) is 50.5 Å². The molecule has 2 aromatic carbocycles. The van der Waals surface area contributed by atoms with Crippen molar-refractivity contribution in [3.05, 3.63) is 58.1 Å². The van der Waals surface area contributed by atoms with Crippen molar-refractivity contribution in [2.75, 3.05) is 19.4 Å². The van der Waals surface area contributed by atoms with Crippen LogP contribution in [0.2, 0.25) is 0 Å². The number of nitrogens with one attached hydrogen (secondary N) is 1. The van der Waals surface area contributed by atoms with E-state index >= 15 is 0 Å². The fourth-order valence-electron chi connectivity index (χ4n) is 3.15. The molecule has 0 radical (unpaired) electrons. The van der Waals surface area contributed by atoms with Gasteiger partial charge in [-0.3, -0.25) is 9.36 Å². The number of fused-ring (bicyclic) bond motifs is 1. The normalized spacial score (nSPS) is 11.9. The average Bonchev–Trinajstić information content (AvgIpc) is 3.00. The quantitative estimate of drug-likeness (QED) is 0.620. The topological polar surface area (TPSA) is 102 Å². The lowest BCUT2D eigenvalue weighted by Crippen LogP contribution is -2.23. The van der Waals surface area contributed by atoms with Crippen LogP contribution in [0.5, 0.6) is 0 Å². The van der Waals surface area contributed by atoms with E-state index in [0.717, 1.165) is 15.4 Å². The van der Waals surface area contributed by atoms with E-state index in [2.05, 4.69) is 5.32 Å². The van der Waals surface area contributed by atoms with Gasteiger partial charge in [-0.05, 0) is 55.7 Å². The zero-order chi connectivity index (χ0) is 22.1. The molecule has 0 aliphatic carbocycles. The third kappa shape index (κ3) is 4.31. The van der Waals surface area contributed by atoms with Gasteiger partial charge in [0.25, 0.3) is 0 Å². The summed E-state index contributed by atoms with van der Waals surface area (Å²) >= 11 is 0. The molecule has 0 aliphatic heterocycles. The monoisotopic (exact) mass is 431 g/mol. The van der Waals surface area contributed by atoms with E-state index in [1.807, 2.05) is 13.0 Å². The second kappa shape index (κ2) is 8.45. The lowest BCUT2D eigenvalue weighted by molar-refractivity contribution is -0.116. The standard InChI is InChI=1S/C21H25N3O5S/c1-14-12-16(30(27,28)23(3)4)13-17(15(14)2)22-20(25)10-7-11-24-18-8-5-6-9-19(18)29-21(24)26/h5-6,8-9,12-13H,7,10-11H2,1-4H3,(H,22,25). The van der Waals surface area contributed by atoms with Gasteiger partial charge in [-0.1, -0.05) is 12.1 Å². The van der Waals surface area contributed by atoms with Gasteiger partial charge < -0.3 is 9.73 Å². The summed E-state index contributed by atoms with van der Waals surface area (Å²) in [5.74, 6) is -0.706. The second-order valence-electron chi connectivity index (χ2n) is 7.34. The van der Waals surface area contributed by atoms with Crippen molar-refractivity contribution in [1.29, 1.82) is 0 Å². The number of rotatable bonds is 7. The van der Waals surface area contributed by atoms with Crippen molar-refractivity contribution in [2.45, 2.75) is 38.1 Å². The number of nitrogens with zero attached hydrogens (tertiary/aromatic N) is 2. The maximum Gasteiger partial charge on any atom is 0.419 e. The molecule has 0 saturated heterocycles. The van der Waals surface area contributed by atoms with Gasteiger partial charge in [0.05, 0.1) is 10.4 Å². The van der Waals surface area contributed by atoms with Crippen LogP contribution in [0.3, 0.4) is 0 Å². The first-order valence-electron chi connectivity index (χ1n) is 9.53. The third-order valence-electron chi connectivity index (χ3n) is 5.05. The molecule has 1 heterocycles. The maximum absolute atomic E-state index is 12.5. The predicted octanol–water partition coefficient (Wildman–Crippen LogP) is 2.88. The molecule has 9 heteroatoms. The number of hydrogen-bond acceptors (Lipinski definition) is 5. The summed E-state index contributed by atoms with van der Waals surface area (Å²) in [5.41, 5.74) is 3.24. The number of carbonyl (C=O) groups is 1. The number of oxazole rings is 1. The predicted molar refractivity (Wildman–Crippen MR) is 115 cm³/mol. The molecule has 8 nitrogen and oxygen atoms in total. The molecule has 0 bridgehead atoms. The van der Waals surface area contributed by atoms with Gasteiger partial charge in [0, 0.05) is 32.7 Å². The maximum atomic E-state index is 12.5. The number of sulfonamides is 1. The zero-order valence-electron chi connectivity index (χ0n) is 17.4. The number of aromatic nitrogens is 1. The Balaban J connectivity index is 1.71. The Hall–Kier alpha value is -2.91. The van der Waals surface area contributed by atoms with E-state index in [1.165, 1.54) is 24.7 Å². The molecular formula is C21H25N3O5S. The Morgan fingerprint density at radius 1 is 1.17 bits per heavy atom. The molecule has 0 saturated carbocycles. The SMILES string of the molecule is Cc1cc(S(=O)(=O)N(C)C)cc(NC(=O)CCCn2c(=O)oc3ccccc32)c1C. The number of hydrogen-bond donors (Lipinski definition) is 1. The molecule has 0 spiro atoms. The highest BCUT2D eigenvalue weighted by atomic mass is 32.2. The largest absolute Gasteiger partial charge is 0.419 e. The van der Waals surface area contributed by atoms with E-state index in [9.17, 15) is 18.0 Å². The Morgan fingerprint density at radius 2 is 1.87 bits per heavy atom. The molecule has 1 N–H and O–H groups in total. The summed E-state index contributed by atoms with van der Waals surface area (Å²) in [6, 6.07) is 10.2. The van der Waals surface area contributed by atoms with Crippen LogP contribution in [0.1, 0.15) is 24.0 Å². The molecule has 1 aromatic heterocycles. The first kappa shape index (κ1) is 21.8. The fourth-order valence-corrected chi connectivity index (χ4v) is 4.17. The summed E-state index contributed by atoms with van der Waals surface area (Å²) in [6.07, 6.45) is 0.609. The van der Waals surface area contributed by atoms with E-state index in [0.29, 0.717) is 29.8 Å². The molecule has 30 heavy (non-hydrogen) atoms. The van der Waals surface area contributed by atoms with Crippen LogP contribution in [0.4, 0.5) is 5.69 Å². The van der Waals surface area contributed by atoms with Crippen LogP contribution >= 0.6 is 0 Å². The highest BCUT2D eigenvalue weighted by Gasteiger charge is 2.20. The van der Waals surface area contributed by atoms with Crippen molar-refractivity contribution in [3.8, 4) is 0 Å².